The van der Waals surface area contributed by atoms with E-state index >= 15 is 0 Å². The average Bonchev–Trinajstić information content (AvgIpc) is 3.04. The van der Waals surface area contributed by atoms with Gasteiger partial charge in [0.2, 0.25) is 15.9 Å². The highest BCUT2D eigenvalue weighted by Gasteiger charge is 2.25. The molecule has 2 unspecified atom stereocenters. The van der Waals surface area contributed by atoms with Crippen molar-refractivity contribution in [3.05, 3.63) is 30.1 Å². The lowest BCUT2D eigenvalue weighted by Gasteiger charge is -2.18. The number of ether oxygens (including phenoxy) is 1. The van der Waals surface area contributed by atoms with E-state index in [1.807, 2.05) is 0 Å². The average molecular weight is 344 g/mol. The highest BCUT2D eigenvalue weighted by Crippen LogP contribution is 2.12. The molecule has 8 heteroatoms. The molecule has 1 fully saturated rings. The first-order valence-electron chi connectivity index (χ1n) is 7.59. The third-order valence-electron chi connectivity index (χ3n) is 3.67. The van der Waals surface area contributed by atoms with Gasteiger partial charge in [0.1, 0.15) is 11.9 Å². The second kappa shape index (κ2) is 7.85. The summed E-state index contributed by atoms with van der Waals surface area (Å²) in [6, 6.07) is 3.56. The normalized spacial score (nSPS) is 19.5. The van der Waals surface area contributed by atoms with Crippen molar-refractivity contribution < 1.29 is 22.3 Å². The summed E-state index contributed by atoms with van der Waals surface area (Å²) in [6.07, 6.45) is 2.15. The van der Waals surface area contributed by atoms with Crippen LogP contribution in [0.25, 0.3) is 0 Å². The summed E-state index contributed by atoms with van der Waals surface area (Å²) < 4.78 is 45.1. The maximum Gasteiger partial charge on any atom is 0.241 e. The molecule has 2 rings (SSSR count). The number of carbonyl (C=O) groups is 1. The second-order valence-corrected chi connectivity index (χ2v) is 7.13. The molecular weight excluding hydrogens is 323 g/mol. The van der Waals surface area contributed by atoms with Gasteiger partial charge >= 0.3 is 0 Å². The maximum absolute atomic E-state index is 12.9. The number of benzene rings is 1. The molecule has 0 bridgehead atoms. The van der Waals surface area contributed by atoms with E-state index in [9.17, 15) is 17.6 Å². The lowest BCUT2D eigenvalue weighted by atomic mass is 10.2. The van der Waals surface area contributed by atoms with Crippen molar-refractivity contribution in [1.29, 1.82) is 0 Å². The molecule has 1 aliphatic rings. The van der Waals surface area contributed by atoms with E-state index in [-0.39, 0.29) is 11.0 Å². The summed E-state index contributed by atoms with van der Waals surface area (Å²) in [6.45, 7) is 2.77. The summed E-state index contributed by atoms with van der Waals surface area (Å²) in [5.41, 5.74) is 0. The molecule has 1 aromatic carbocycles. The summed E-state index contributed by atoms with van der Waals surface area (Å²) in [4.78, 5) is 12.1. The molecule has 0 radical (unpaired) electrons. The van der Waals surface area contributed by atoms with Gasteiger partial charge in [0.05, 0.1) is 11.0 Å². The van der Waals surface area contributed by atoms with E-state index in [1.165, 1.54) is 0 Å². The minimum atomic E-state index is -3.88. The first-order valence-corrected chi connectivity index (χ1v) is 9.08. The van der Waals surface area contributed by atoms with Gasteiger partial charge in [-0.15, -0.1) is 0 Å². The monoisotopic (exact) mass is 344 g/mol. The van der Waals surface area contributed by atoms with Crippen LogP contribution in [0.15, 0.2) is 29.2 Å². The third-order valence-corrected chi connectivity index (χ3v) is 5.16. The molecule has 1 aromatic rings. The first-order chi connectivity index (χ1) is 10.9. The molecule has 2 atom stereocenters. The Morgan fingerprint density at radius 1 is 1.39 bits per heavy atom. The van der Waals surface area contributed by atoms with Gasteiger partial charge in [-0.05, 0) is 43.5 Å². The molecule has 128 valence electrons. The van der Waals surface area contributed by atoms with Gasteiger partial charge in [-0.1, -0.05) is 6.92 Å². The van der Waals surface area contributed by atoms with Crippen LogP contribution >= 0.6 is 0 Å². The van der Waals surface area contributed by atoms with Crippen molar-refractivity contribution in [3.8, 4) is 0 Å². The van der Waals surface area contributed by atoms with Crippen LogP contribution in [0.5, 0.6) is 0 Å². The number of rotatable bonds is 7. The third kappa shape index (κ3) is 4.98. The SMILES string of the molecule is CCC(NS(=O)(=O)c1ccc(F)cc1)C(=O)NCC1CCCO1. The van der Waals surface area contributed by atoms with Crippen molar-refractivity contribution in [1.82, 2.24) is 10.0 Å². The van der Waals surface area contributed by atoms with Gasteiger partial charge in [-0.2, -0.15) is 4.72 Å². The zero-order chi connectivity index (χ0) is 16.9. The summed E-state index contributed by atoms with van der Waals surface area (Å²) in [5.74, 6) is -0.918. The van der Waals surface area contributed by atoms with E-state index < -0.39 is 27.8 Å². The fourth-order valence-corrected chi connectivity index (χ4v) is 3.61. The molecule has 1 saturated heterocycles. The smallest absolute Gasteiger partial charge is 0.241 e. The second-order valence-electron chi connectivity index (χ2n) is 5.42. The number of sulfonamides is 1. The van der Waals surface area contributed by atoms with Crippen LogP contribution in [0.4, 0.5) is 4.39 Å². The number of hydrogen-bond donors (Lipinski definition) is 2. The van der Waals surface area contributed by atoms with Crippen LogP contribution in [-0.2, 0) is 19.6 Å². The Bertz CT molecular complexity index is 627. The number of hydrogen-bond acceptors (Lipinski definition) is 4. The van der Waals surface area contributed by atoms with Crippen LogP contribution in [-0.4, -0.2) is 39.6 Å². The zero-order valence-electron chi connectivity index (χ0n) is 12.9. The van der Waals surface area contributed by atoms with E-state index in [0.29, 0.717) is 19.6 Å². The van der Waals surface area contributed by atoms with Gasteiger partial charge in [-0.25, -0.2) is 12.8 Å². The van der Waals surface area contributed by atoms with E-state index in [2.05, 4.69) is 10.0 Å². The van der Waals surface area contributed by atoms with Gasteiger partial charge in [0.15, 0.2) is 0 Å². The van der Waals surface area contributed by atoms with Crippen LogP contribution < -0.4 is 10.0 Å². The van der Waals surface area contributed by atoms with Gasteiger partial charge in [0.25, 0.3) is 0 Å². The van der Waals surface area contributed by atoms with Crippen molar-refractivity contribution in [3.63, 3.8) is 0 Å². The molecule has 1 amide bonds. The number of halogens is 1. The van der Waals surface area contributed by atoms with Crippen molar-refractivity contribution in [2.75, 3.05) is 13.2 Å². The highest BCUT2D eigenvalue weighted by molar-refractivity contribution is 7.89. The predicted molar refractivity (Wildman–Crippen MR) is 82.8 cm³/mol. The Balaban J connectivity index is 1.96. The molecule has 0 spiro atoms. The van der Waals surface area contributed by atoms with Gasteiger partial charge in [0, 0.05) is 13.2 Å². The Kier molecular flexibility index (Phi) is 6.09. The van der Waals surface area contributed by atoms with Gasteiger partial charge < -0.3 is 10.1 Å². The molecule has 1 heterocycles. The lowest BCUT2D eigenvalue weighted by Crippen LogP contribution is -2.47. The Labute approximate surface area is 135 Å². The molecule has 0 aromatic heterocycles. The summed E-state index contributed by atoms with van der Waals surface area (Å²) >= 11 is 0. The maximum atomic E-state index is 12.9. The predicted octanol–water partition coefficient (Wildman–Crippen LogP) is 1.18. The molecule has 0 saturated carbocycles. The van der Waals surface area contributed by atoms with Crippen molar-refractivity contribution in [2.24, 2.45) is 0 Å². The quantitative estimate of drug-likeness (QED) is 0.778. The van der Waals surface area contributed by atoms with Crippen LogP contribution in [0.3, 0.4) is 0 Å². The lowest BCUT2D eigenvalue weighted by molar-refractivity contribution is -0.123. The van der Waals surface area contributed by atoms with E-state index in [1.54, 1.807) is 6.92 Å². The summed E-state index contributed by atoms with van der Waals surface area (Å²) in [7, 11) is -3.88. The topological polar surface area (TPSA) is 84.5 Å². The number of carbonyl (C=O) groups excluding carboxylic acids is 1. The number of amides is 1. The molecule has 0 aliphatic carbocycles. The molecule has 2 N–H and O–H groups in total. The highest BCUT2D eigenvalue weighted by atomic mass is 32.2. The van der Waals surface area contributed by atoms with Crippen molar-refractivity contribution >= 4 is 15.9 Å². The minimum absolute atomic E-state index is 0.00911. The molecule has 6 nitrogen and oxygen atoms in total. The molecule has 1 aliphatic heterocycles. The van der Waals surface area contributed by atoms with E-state index in [0.717, 1.165) is 37.1 Å². The zero-order valence-corrected chi connectivity index (χ0v) is 13.7. The minimum Gasteiger partial charge on any atom is -0.376 e. The Morgan fingerprint density at radius 2 is 2.09 bits per heavy atom. The van der Waals surface area contributed by atoms with Crippen LogP contribution in [0.1, 0.15) is 26.2 Å². The van der Waals surface area contributed by atoms with E-state index in [4.69, 9.17) is 4.74 Å². The standard InChI is InChI=1S/C15H21FN2O4S/c1-2-14(15(19)17-10-12-4-3-9-22-12)18-23(20,21)13-7-5-11(16)6-8-13/h5-8,12,14,18H,2-4,9-10H2,1H3,(H,17,19). The Morgan fingerprint density at radius 3 is 2.65 bits per heavy atom. The summed E-state index contributed by atoms with van der Waals surface area (Å²) in [5, 5.41) is 2.71. The fourth-order valence-electron chi connectivity index (χ4n) is 2.33. The van der Waals surface area contributed by atoms with Crippen LogP contribution in [0.2, 0.25) is 0 Å². The largest absolute Gasteiger partial charge is 0.376 e. The van der Waals surface area contributed by atoms with Gasteiger partial charge in [-0.3, -0.25) is 4.79 Å². The molecule has 23 heavy (non-hydrogen) atoms. The van der Waals surface area contributed by atoms with Crippen molar-refractivity contribution in [2.45, 2.75) is 43.2 Å². The molecular formula is C15H21FN2O4S. The first kappa shape index (κ1) is 17.8. The fraction of sp³-hybridized carbons (Fsp3) is 0.533. The van der Waals surface area contributed by atoms with Crippen LogP contribution in [0, 0.1) is 5.82 Å². The number of nitrogens with one attached hydrogen (secondary N) is 2. The Hall–Kier alpha value is -1.51.